The first-order chi connectivity index (χ1) is 10.1. The number of aromatic nitrogens is 2. The number of hydrogen-bond donors (Lipinski definition) is 0. The average molecular weight is 289 g/mol. The number of nitro groups is 1. The smallest absolute Gasteiger partial charge is 0.348 e. The summed E-state index contributed by atoms with van der Waals surface area (Å²) in [6.07, 6.45) is 1.49. The summed E-state index contributed by atoms with van der Waals surface area (Å²) in [4.78, 5) is 31.3. The van der Waals surface area contributed by atoms with E-state index in [0.717, 1.165) is 13.1 Å². The van der Waals surface area contributed by atoms with Gasteiger partial charge in [-0.1, -0.05) is 6.07 Å². The van der Waals surface area contributed by atoms with Gasteiger partial charge in [0.25, 0.3) is 0 Å². The normalized spacial score (nSPS) is 16.3. The van der Waals surface area contributed by atoms with Crippen LogP contribution in [-0.4, -0.2) is 52.4 Å². The molecule has 0 amide bonds. The van der Waals surface area contributed by atoms with Gasteiger partial charge in [0.05, 0.1) is 4.92 Å². The van der Waals surface area contributed by atoms with Crippen LogP contribution in [0.25, 0.3) is 5.65 Å². The molecule has 110 valence electrons. The molecule has 3 rings (SSSR count). The summed E-state index contributed by atoms with van der Waals surface area (Å²) >= 11 is 0. The number of anilines is 1. The van der Waals surface area contributed by atoms with Gasteiger partial charge in [0, 0.05) is 32.4 Å². The van der Waals surface area contributed by atoms with Crippen LogP contribution in [-0.2, 0) is 0 Å². The highest BCUT2D eigenvalue weighted by atomic mass is 16.6. The maximum atomic E-state index is 12.3. The second-order valence-electron chi connectivity index (χ2n) is 5.07. The molecule has 8 heteroatoms. The first-order valence-corrected chi connectivity index (χ1v) is 6.67. The zero-order chi connectivity index (χ0) is 15.0. The van der Waals surface area contributed by atoms with Crippen molar-refractivity contribution in [2.24, 2.45) is 0 Å². The average Bonchev–Trinajstić information content (AvgIpc) is 2.47. The highest BCUT2D eigenvalue weighted by Gasteiger charge is 2.29. The maximum Gasteiger partial charge on any atom is 0.376 e. The van der Waals surface area contributed by atoms with Gasteiger partial charge in [-0.05, 0) is 19.2 Å². The summed E-state index contributed by atoms with van der Waals surface area (Å²) in [5.74, 6) is 0.171. The van der Waals surface area contributed by atoms with Crippen molar-refractivity contribution in [2.75, 3.05) is 38.1 Å². The number of nitrogens with zero attached hydrogens (tertiary/aromatic N) is 5. The minimum atomic E-state index is -0.639. The minimum Gasteiger partial charge on any atom is -0.348 e. The Bertz CT molecular complexity index is 749. The van der Waals surface area contributed by atoms with Crippen molar-refractivity contribution in [1.29, 1.82) is 0 Å². The van der Waals surface area contributed by atoms with Gasteiger partial charge in [0.1, 0.15) is 5.65 Å². The Kier molecular flexibility index (Phi) is 3.30. The zero-order valence-electron chi connectivity index (χ0n) is 11.6. The van der Waals surface area contributed by atoms with Crippen molar-refractivity contribution in [2.45, 2.75) is 0 Å². The molecule has 0 unspecified atom stereocenters. The van der Waals surface area contributed by atoms with Gasteiger partial charge < -0.3 is 9.80 Å². The third-order valence-electron chi connectivity index (χ3n) is 3.68. The Hall–Kier alpha value is -2.48. The quantitative estimate of drug-likeness (QED) is 0.586. The molecule has 0 radical (unpaired) electrons. The van der Waals surface area contributed by atoms with Crippen molar-refractivity contribution in [3.63, 3.8) is 0 Å². The van der Waals surface area contributed by atoms with Crippen LogP contribution in [0, 0.1) is 10.1 Å². The van der Waals surface area contributed by atoms with E-state index in [2.05, 4.69) is 9.88 Å². The lowest BCUT2D eigenvalue weighted by molar-refractivity contribution is -0.385. The van der Waals surface area contributed by atoms with Gasteiger partial charge >= 0.3 is 11.2 Å². The van der Waals surface area contributed by atoms with E-state index in [9.17, 15) is 14.9 Å². The summed E-state index contributed by atoms with van der Waals surface area (Å²) < 4.78 is 1.21. The molecule has 2 aromatic heterocycles. The van der Waals surface area contributed by atoms with Crippen LogP contribution in [0.15, 0.2) is 29.2 Å². The standard InChI is InChI=1S/C13H15N5O3/c1-15-6-8-16(9-7-15)12-11(18(20)21)13(19)17-5-3-2-4-10(17)14-12/h2-5H,6-9H2,1H3. The molecule has 8 nitrogen and oxygen atoms in total. The van der Waals surface area contributed by atoms with Crippen LogP contribution in [0.1, 0.15) is 0 Å². The Morgan fingerprint density at radius 3 is 2.62 bits per heavy atom. The Morgan fingerprint density at radius 1 is 1.24 bits per heavy atom. The molecule has 0 N–H and O–H groups in total. The van der Waals surface area contributed by atoms with Gasteiger partial charge in [0.2, 0.25) is 5.82 Å². The highest BCUT2D eigenvalue weighted by molar-refractivity contribution is 5.61. The van der Waals surface area contributed by atoms with Crippen molar-refractivity contribution < 1.29 is 4.92 Å². The number of hydrogen-bond acceptors (Lipinski definition) is 6. The third kappa shape index (κ3) is 2.33. The largest absolute Gasteiger partial charge is 0.376 e. The number of fused-ring (bicyclic) bond motifs is 1. The fourth-order valence-electron chi connectivity index (χ4n) is 2.47. The Morgan fingerprint density at radius 2 is 1.95 bits per heavy atom. The van der Waals surface area contributed by atoms with Gasteiger partial charge in [-0.2, -0.15) is 0 Å². The van der Waals surface area contributed by atoms with E-state index >= 15 is 0 Å². The molecule has 1 aliphatic heterocycles. The predicted molar refractivity (Wildman–Crippen MR) is 77.8 cm³/mol. The van der Waals surface area contributed by atoms with Crippen LogP contribution in [0.3, 0.4) is 0 Å². The molecular weight excluding hydrogens is 274 g/mol. The number of rotatable bonds is 2. The zero-order valence-corrected chi connectivity index (χ0v) is 11.6. The summed E-state index contributed by atoms with van der Waals surface area (Å²) in [6, 6.07) is 5.07. The van der Waals surface area contributed by atoms with Crippen LogP contribution >= 0.6 is 0 Å². The molecule has 2 aromatic rings. The summed E-state index contributed by atoms with van der Waals surface area (Å²) in [6.45, 7) is 2.81. The minimum absolute atomic E-state index is 0.171. The summed E-state index contributed by atoms with van der Waals surface area (Å²) in [5, 5.41) is 11.3. The summed E-state index contributed by atoms with van der Waals surface area (Å²) in [5.41, 5.74) is -0.676. The second-order valence-corrected chi connectivity index (χ2v) is 5.07. The molecule has 0 atom stereocenters. The molecule has 21 heavy (non-hydrogen) atoms. The molecule has 0 saturated carbocycles. The molecule has 0 aliphatic carbocycles. The van der Waals surface area contributed by atoms with Crippen LogP contribution in [0.4, 0.5) is 11.5 Å². The van der Waals surface area contributed by atoms with Crippen molar-refractivity contribution in [3.8, 4) is 0 Å². The first-order valence-electron chi connectivity index (χ1n) is 6.67. The van der Waals surface area contributed by atoms with E-state index in [-0.39, 0.29) is 5.82 Å². The van der Waals surface area contributed by atoms with Gasteiger partial charge in [0.15, 0.2) is 0 Å². The fraction of sp³-hybridized carbons (Fsp3) is 0.385. The predicted octanol–water partition coefficient (Wildman–Crippen LogP) is 0.355. The third-order valence-corrected chi connectivity index (χ3v) is 3.68. The van der Waals surface area contributed by atoms with Gasteiger partial charge in [-0.15, -0.1) is 0 Å². The molecular formula is C13H15N5O3. The molecule has 1 saturated heterocycles. The lowest BCUT2D eigenvalue weighted by Crippen LogP contribution is -2.45. The Labute approximate surface area is 120 Å². The van der Waals surface area contributed by atoms with Crippen molar-refractivity contribution in [1.82, 2.24) is 14.3 Å². The van der Waals surface area contributed by atoms with E-state index in [0.29, 0.717) is 18.7 Å². The molecule has 1 aliphatic rings. The molecule has 0 aromatic carbocycles. The summed E-state index contributed by atoms with van der Waals surface area (Å²) in [7, 11) is 1.99. The highest BCUT2D eigenvalue weighted by Crippen LogP contribution is 2.23. The molecule has 3 heterocycles. The number of likely N-dealkylation sites (N-methyl/N-ethyl adjacent to an activating group) is 1. The fourth-order valence-corrected chi connectivity index (χ4v) is 2.47. The van der Waals surface area contributed by atoms with E-state index in [1.54, 1.807) is 18.2 Å². The SMILES string of the molecule is CN1CCN(c2nc3ccccn3c(=O)c2[N+](=O)[O-])CC1. The monoisotopic (exact) mass is 289 g/mol. The molecule has 1 fully saturated rings. The van der Waals surface area contributed by atoms with Gasteiger partial charge in [-0.3, -0.25) is 19.3 Å². The van der Waals surface area contributed by atoms with Crippen LogP contribution < -0.4 is 10.5 Å². The Balaban J connectivity index is 2.18. The van der Waals surface area contributed by atoms with E-state index < -0.39 is 16.2 Å². The van der Waals surface area contributed by atoms with Crippen LogP contribution in [0.5, 0.6) is 0 Å². The van der Waals surface area contributed by atoms with Gasteiger partial charge in [-0.25, -0.2) is 4.98 Å². The van der Waals surface area contributed by atoms with E-state index in [1.165, 1.54) is 10.6 Å². The first kappa shape index (κ1) is 13.5. The second kappa shape index (κ2) is 5.13. The van der Waals surface area contributed by atoms with E-state index in [4.69, 9.17) is 0 Å². The topological polar surface area (TPSA) is 84.0 Å². The number of pyridine rings is 1. The molecule has 0 bridgehead atoms. The van der Waals surface area contributed by atoms with E-state index in [1.807, 2.05) is 11.9 Å². The molecule has 0 spiro atoms. The lowest BCUT2D eigenvalue weighted by atomic mass is 10.3. The lowest BCUT2D eigenvalue weighted by Gasteiger charge is -2.32. The number of piperazine rings is 1. The van der Waals surface area contributed by atoms with Crippen molar-refractivity contribution in [3.05, 3.63) is 44.9 Å². The van der Waals surface area contributed by atoms with Crippen molar-refractivity contribution >= 4 is 17.2 Å². The maximum absolute atomic E-state index is 12.3. The van der Waals surface area contributed by atoms with Crippen LogP contribution in [0.2, 0.25) is 0 Å².